The van der Waals surface area contributed by atoms with Gasteiger partial charge < -0.3 is 28.8 Å². The summed E-state index contributed by atoms with van der Waals surface area (Å²) in [4.78, 5) is 48.1. The minimum absolute atomic E-state index is 0.167. The first kappa shape index (κ1) is 32.2. The minimum Gasteiger partial charge on any atom is -0.463 e. The summed E-state index contributed by atoms with van der Waals surface area (Å²) in [5.41, 5.74) is 4.16. The average molecular weight is 636 g/mol. The van der Waals surface area contributed by atoms with Crippen molar-refractivity contribution in [3.63, 3.8) is 0 Å². The molecule has 5 atom stereocenters. The number of ether oxygens (including phenoxy) is 5. The van der Waals surface area contributed by atoms with E-state index in [1.165, 1.54) is 12.5 Å². The van der Waals surface area contributed by atoms with E-state index in [4.69, 9.17) is 23.7 Å². The fraction of sp³-hybridized carbons (Fsp3) is 0.467. The minimum atomic E-state index is -2.43. The molecule has 1 unspecified atom stereocenters. The fourth-order valence-corrected chi connectivity index (χ4v) is 5.53. The molecule has 0 spiro atoms. The zero-order valence-electron chi connectivity index (χ0n) is 23.9. The lowest BCUT2D eigenvalue weighted by atomic mass is 9.85. The Hall–Kier alpha value is -3.28. The molecule has 2 aromatic carbocycles. The van der Waals surface area contributed by atoms with E-state index in [2.05, 4.69) is 35.0 Å². The molecule has 3 rings (SSSR count). The molecule has 1 N–H and O–H groups in total. The first-order chi connectivity index (χ1) is 19.2. The molecular formula is C30H35BrO10. The van der Waals surface area contributed by atoms with Gasteiger partial charge in [-0.05, 0) is 54.2 Å². The van der Waals surface area contributed by atoms with Crippen molar-refractivity contribution in [2.45, 2.75) is 84.6 Å². The molecule has 222 valence electrons. The van der Waals surface area contributed by atoms with E-state index in [1.807, 2.05) is 19.1 Å². The third-order valence-electron chi connectivity index (χ3n) is 6.69. The highest BCUT2D eigenvalue weighted by atomic mass is 79.9. The average Bonchev–Trinajstić information content (AvgIpc) is 2.88. The van der Waals surface area contributed by atoms with E-state index in [0.717, 1.165) is 43.9 Å². The van der Waals surface area contributed by atoms with E-state index in [-0.39, 0.29) is 5.56 Å². The molecule has 0 saturated carbocycles. The zero-order valence-corrected chi connectivity index (χ0v) is 25.5. The van der Waals surface area contributed by atoms with Gasteiger partial charge in [0.25, 0.3) is 0 Å². The molecule has 0 aliphatic carbocycles. The molecule has 10 nitrogen and oxygen atoms in total. The Kier molecular flexibility index (Phi) is 10.7. The van der Waals surface area contributed by atoms with E-state index < -0.39 is 60.7 Å². The number of carbonyl (C=O) groups excluding carboxylic acids is 4. The Bertz CT molecular complexity index is 1290. The monoisotopic (exact) mass is 634 g/mol. The lowest BCUT2D eigenvalue weighted by Crippen LogP contribution is -2.66. The van der Waals surface area contributed by atoms with Crippen LogP contribution in [0.1, 0.15) is 62.4 Å². The third kappa shape index (κ3) is 7.93. The quantitative estimate of drug-likeness (QED) is 0.320. The van der Waals surface area contributed by atoms with Crippen molar-refractivity contribution in [2.24, 2.45) is 0 Å². The van der Waals surface area contributed by atoms with Crippen molar-refractivity contribution in [3.05, 3.63) is 68.7 Å². The first-order valence-corrected chi connectivity index (χ1v) is 14.0. The fourth-order valence-electron chi connectivity index (χ4n) is 4.79. The maximum atomic E-state index is 12.3. The first-order valence-electron chi connectivity index (χ1n) is 13.2. The van der Waals surface area contributed by atoms with Crippen molar-refractivity contribution in [3.8, 4) is 0 Å². The van der Waals surface area contributed by atoms with Crippen LogP contribution in [0.5, 0.6) is 0 Å². The molecule has 2 aromatic rings. The van der Waals surface area contributed by atoms with Crippen LogP contribution in [0.25, 0.3) is 0 Å². The molecule has 1 saturated heterocycles. The summed E-state index contributed by atoms with van der Waals surface area (Å²) < 4.78 is 28.1. The summed E-state index contributed by atoms with van der Waals surface area (Å²) in [7, 11) is 0. The summed E-state index contributed by atoms with van der Waals surface area (Å²) in [5, 5.41) is 12.3. The summed E-state index contributed by atoms with van der Waals surface area (Å²) in [6.45, 7) is 8.08. The molecule has 41 heavy (non-hydrogen) atoms. The van der Waals surface area contributed by atoms with Crippen molar-refractivity contribution in [1.29, 1.82) is 0 Å². The van der Waals surface area contributed by atoms with Gasteiger partial charge in [-0.15, -0.1) is 0 Å². The summed E-state index contributed by atoms with van der Waals surface area (Å²) in [6.07, 6.45) is -4.44. The van der Waals surface area contributed by atoms with Crippen LogP contribution < -0.4 is 0 Å². The van der Waals surface area contributed by atoms with Crippen molar-refractivity contribution >= 4 is 39.8 Å². The summed E-state index contributed by atoms with van der Waals surface area (Å²) >= 11 is 3.50. The van der Waals surface area contributed by atoms with E-state index in [1.54, 1.807) is 12.1 Å². The smallest absolute Gasteiger partial charge is 0.303 e. The molecule has 0 aromatic heterocycles. The summed E-state index contributed by atoms with van der Waals surface area (Å²) in [5.74, 6) is -5.45. The Morgan fingerprint density at radius 2 is 1.44 bits per heavy atom. The maximum Gasteiger partial charge on any atom is 0.303 e. The molecule has 11 heteroatoms. The molecule has 1 heterocycles. The molecule has 1 aliphatic rings. The second kappa shape index (κ2) is 13.6. The number of hydrogen-bond donors (Lipinski definition) is 1. The molecule has 0 radical (unpaired) electrons. The maximum absolute atomic E-state index is 12.3. The summed E-state index contributed by atoms with van der Waals surface area (Å²) in [6, 6.07) is 11.7. The largest absolute Gasteiger partial charge is 0.463 e. The highest BCUT2D eigenvalue weighted by molar-refractivity contribution is 9.10. The highest BCUT2D eigenvalue weighted by Gasteiger charge is 2.61. The zero-order chi connectivity index (χ0) is 30.5. The number of carbonyl (C=O) groups is 4. The van der Waals surface area contributed by atoms with Gasteiger partial charge in [0.15, 0.2) is 12.2 Å². The highest BCUT2D eigenvalue weighted by Crippen LogP contribution is 2.44. The van der Waals surface area contributed by atoms with Crippen molar-refractivity contribution < 1.29 is 48.0 Å². The number of rotatable bonds is 9. The lowest BCUT2D eigenvalue weighted by Gasteiger charge is -2.49. The van der Waals surface area contributed by atoms with Crippen molar-refractivity contribution in [2.75, 3.05) is 6.61 Å². The van der Waals surface area contributed by atoms with E-state index in [0.29, 0.717) is 10.9 Å². The van der Waals surface area contributed by atoms with Crippen LogP contribution in [0.15, 0.2) is 40.9 Å². The van der Waals surface area contributed by atoms with Crippen LogP contribution in [0.3, 0.4) is 0 Å². The SMILES string of the molecule is CCc1ccc(Cc2cc(C3(O)O[C@H](COC(C)=O)[C@@H](OC(C)=O)[C@H](OC(C)=O)[C@H]3OC(C)=O)c(Br)cc2C)cc1. The number of aliphatic hydroxyl groups is 1. The molecule has 0 amide bonds. The molecule has 1 fully saturated rings. The lowest BCUT2D eigenvalue weighted by molar-refractivity contribution is -0.360. The molecule has 1 aliphatic heterocycles. The van der Waals surface area contributed by atoms with Crippen LogP contribution in [-0.4, -0.2) is 60.0 Å². The number of hydrogen-bond acceptors (Lipinski definition) is 10. The number of esters is 4. The van der Waals surface area contributed by atoms with Crippen LogP contribution in [-0.2, 0) is 61.5 Å². The second-order valence-electron chi connectivity index (χ2n) is 9.94. The van der Waals surface area contributed by atoms with Gasteiger partial charge in [-0.2, -0.15) is 0 Å². The number of aryl methyl sites for hydroxylation is 2. The van der Waals surface area contributed by atoms with Gasteiger partial charge in [-0.1, -0.05) is 47.1 Å². The third-order valence-corrected chi connectivity index (χ3v) is 7.35. The molecule has 0 bridgehead atoms. The normalized spacial score (nSPS) is 23.8. The topological polar surface area (TPSA) is 135 Å². The van der Waals surface area contributed by atoms with Gasteiger partial charge in [0.1, 0.15) is 12.7 Å². The van der Waals surface area contributed by atoms with Gasteiger partial charge in [0.2, 0.25) is 11.9 Å². The van der Waals surface area contributed by atoms with Gasteiger partial charge >= 0.3 is 23.9 Å². The van der Waals surface area contributed by atoms with E-state index >= 15 is 0 Å². The Morgan fingerprint density at radius 1 is 0.878 bits per heavy atom. The predicted molar refractivity (Wildman–Crippen MR) is 150 cm³/mol. The number of halogens is 1. The van der Waals surface area contributed by atoms with Gasteiger partial charge in [-0.25, -0.2) is 0 Å². The standard InChI is InChI=1S/C30H35BrO10/c1-7-21-8-10-22(11-9-21)13-23-14-24(25(31)12-16(23)2)30(36)29(40-20(6)35)28(39-19(5)34)27(38-18(4)33)26(41-30)15-37-17(3)32/h8-12,14,26-29,36H,7,13,15H2,1-6H3/t26-,27-,28+,29-,30?/m1/s1. The van der Waals surface area contributed by atoms with Crippen LogP contribution >= 0.6 is 15.9 Å². The van der Waals surface area contributed by atoms with E-state index in [9.17, 15) is 24.3 Å². The van der Waals surface area contributed by atoms with Gasteiger partial charge in [0.05, 0.1) is 0 Å². The van der Waals surface area contributed by atoms with Crippen LogP contribution in [0.2, 0.25) is 0 Å². The Balaban J connectivity index is 2.18. The second-order valence-corrected chi connectivity index (χ2v) is 10.8. The predicted octanol–water partition coefficient (Wildman–Crippen LogP) is 3.81. The van der Waals surface area contributed by atoms with Crippen LogP contribution in [0, 0.1) is 6.92 Å². The Labute approximate surface area is 247 Å². The van der Waals surface area contributed by atoms with Crippen LogP contribution in [0.4, 0.5) is 0 Å². The number of benzene rings is 2. The van der Waals surface area contributed by atoms with Gasteiger partial charge in [0, 0.05) is 37.7 Å². The van der Waals surface area contributed by atoms with Gasteiger partial charge in [-0.3, -0.25) is 19.2 Å². The van der Waals surface area contributed by atoms with Crippen molar-refractivity contribution in [1.82, 2.24) is 0 Å². The molecular weight excluding hydrogens is 600 g/mol. The Morgan fingerprint density at radius 3 is 1.98 bits per heavy atom.